The summed E-state index contributed by atoms with van der Waals surface area (Å²) in [6.45, 7) is 2.77. The molecule has 30 heavy (non-hydrogen) atoms. The third-order valence-corrected chi connectivity index (χ3v) is 4.44. The first-order valence-corrected chi connectivity index (χ1v) is 8.62. The quantitative estimate of drug-likeness (QED) is 0.363. The van der Waals surface area contributed by atoms with Crippen molar-refractivity contribution in [1.82, 2.24) is 25.0 Å². The highest BCUT2D eigenvalue weighted by molar-refractivity contribution is 5.81. The summed E-state index contributed by atoms with van der Waals surface area (Å²) in [6.07, 6.45) is -4.97. The summed E-state index contributed by atoms with van der Waals surface area (Å²) in [7, 11) is 0. The zero-order valence-electron chi connectivity index (χ0n) is 15.6. The Morgan fingerprint density at radius 3 is 2.60 bits per heavy atom. The summed E-state index contributed by atoms with van der Waals surface area (Å²) in [5.74, 6) is 0.00727. The van der Waals surface area contributed by atoms with Crippen LogP contribution in [0.2, 0.25) is 0 Å². The number of pyridine rings is 1. The maximum atomic E-state index is 13.1. The van der Waals surface area contributed by atoms with Gasteiger partial charge < -0.3 is 4.42 Å². The highest BCUT2D eigenvalue weighted by Crippen LogP contribution is 2.37. The Balaban J connectivity index is 1.66. The van der Waals surface area contributed by atoms with Crippen LogP contribution in [0.5, 0.6) is 0 Å². The zero-order valence-corrected chi connectivity index (χ0v) is 15.6. The molecule has 9 nitrogen and oxygen atoms in total. The number of aromatic nitrogens is 5. The second-order valence-corrected chi connectivity index (χ2v) is 6.59. The van der Waals surface area contributed by atoms with Crippen molar-refractivity contribution < 1.29 is 22.5 Å². The van der Waals surface area contributed by atoms with Gasteiger partial charge in [-0.2, -0.15) is 18.3 Å². The Hall–Kier alpha value is -3.83. The summed E-state index contributed by atoms with van der Waals surface area (Å²) in [6, 6.07) is 9.24. The lowest BCUT2D eigenvalue weighted by molar-refractivity contribution is -0.388. The monoisotopic (exact) mass is 418 g/mol. The van der Waals surface area contributed by atoms with Crippen LogP contribution >= 0.6 is 0 Å². The van der Waals surface area contributed by atoms with Gasteiger partial charge in [0.15, 0.2) is 0 Å². The molecule has 0 unspecified atom stereocenters. The van der Waals surface area contributed by atoms with Crippen LogP contribution in [0.4, 0.5) is 18.9 Å². The number of rotatable bonds is 4. The maximum Gasteiger partial charge on any atom is 0.442 e. The molecule has 0 bridgehead atoms. The molecule has 4 rings (SSSR count). The van der Waals surface area contributed by atoms with Crippen LogP contribution in [0.1, 0.15) is 22.8 Å². The van der Waals surface area contributed by atoms with Crippen molar-refractivity contribution in [2.24, 2.45) is 0 Å². The molecule has 0 radical (unpaired) electrons. The number of alkyl halides is 3. The molecule has 0 saturated heterocycles. The lowest BCUT2D eigenvalue weighted by Gasteiger charge is -2.01. The van der Waals surface area contributed by atoms with Gasteiger partial charge in [0.2, 0.25) is 11.6 Å². The number of benzene rings is 1. The van der Waals surface area contributed by atoms with Crippen LogP contribution in [0.3, 0.4) is 0 Å². The Bertz CT molecular complexity index is 1280. The van der Waals surface area contributed by atoms with Gasteiger partial charge in [0.1, 0.15) is 17.9 Å². The maximum absolute atomic E-state index is 13.1. The highest BCUT2D eigenvalue weighted by atomic mass is 19.4. The number of hydrogen-bond acceptors (Lipinski definition) is 7. The average molecular weight is 418 g/mol. The standard InChI is InChI=1S/C18H13F3N6O3/c1-9-3-5-12-11(7-9)4-6-13(22-12)17-24-23-14(30-17)8-26-10(2)15(27(28)29)16(25-26)18(19,20)21/h3-7H,8H2,1-2H3. The molecule has 0 atom stereocenters. The van der Waals surface area contributed by atoms with E-state index in [1.807, 2.05) is 31.2 Å². The molecule has 4 aromatic rings. The van der Waals surface area contributed by atoms with Crippen LogP contribution in [0.15, 0.2) is 34.7 Å². The van der Waals surface area contributed by atoms with E-state index in [4.69, 9.17) is 4.42 Å². The van der Waals surface area contributed by atoms with Crippen LogP contribution in [0, 0.1) is 24.0 Å². The molecule has 0 N–H and O–H groups in total. The average Bonchev–Trinajstić information content (AvgIpc) is 3.26. The van der Waals surface area contributed by atoms with Gasteiger partial charge in [-0.1, -0.05) is 17.7 Å². The minimum atomic E-state index is -4.97. The van der Waals surface area contributed by atoms with E-state index < -0.39 is 22.5 Å². The number of nitrogens with zero attached hydrogens (tertiary/aromatic N) is 6. The predicted molar refractivity (Wildman–Crippen MR) is 97.5 cm³/mol. The molecule has 0 aliphatic rings. The van der Waals surface area contributed by atoms with E-state index in [9.17, 15) is 23.3 Å². The lowest BCUT2D eigenvalue weighted by atomic mass is 10.1. The van der Waals surface area contributed by atoms with Gasteiger partial charge >= 0.3 is 11.9 Å². The summed E-state index contributed by atoms with van der Waals surface area (Å²) in [5, 5.41) is 23.0. The number of halogens is 3. The topological polar surface area (TPSA) is 113 Å². The molecule has 3 aromatic heterocycles. The number of aryl methyl sites for hydroxylation is 1. The van der Waals surface area contributed by atoms with E-state index >= 15 is 0 Å². The van der Waals surface area contributed by atoms with Crippen LogP contribution in [-0.4, -0.2) is 29.9 Å². The number of nitro groups is 1. The third kappa shape index (κ3) is 3.47. The van der Waals surface area contributed by atoms with Crippen molar-refractivity contribution in [3.05, 3.63) is 63.3 Å². The van der Waals surface area contributed by atoms with Gasteiger partial charge in [-0.15, -0.1) is 10.2 Å². The Morgan fingerprint density at radius 1 is 1.17 bits per heavy atom. The number of fused-ring (bicyclic) bond motifs is 1. The molecule has 0 aliphatic heterocycles. The fourth-order valence-electron chi connectivity index (χ4n) is 3.01. The van der Waals surface area contributed by atoms with Crippen molar-refractivity contribution >= 4 is 16.6 Å². The van der Waals surface area contributed by atoms with Crippen molar-refractivity contribution in [3.63, 3.8) is 0 Å². The van der Waals surface area contributed by atoms with E-state index in [-0.39, 0.29) is 24.0 Å². The predicted octanol–water partition coefficient (Wildman–Crippen LogP) is 4.07. The molecule has 0 amide bonds. The summed E-state index contributed by atoms with van der Waals surface area (Å²) in [5.41, 5.74) is -0.759. The van der Waals surface area contributed by atoms with Crippen molar-refractivity contribution in [2.75, 3.05) is 0 Å². The molecule has 0 aliphatic carbocycles. The van der Waals surface area contributed by atoms with E-state index in [0.29, 0.717) is 11.2 Å². The van der Waals surface area contributed by atoms with E-state index in [2.05, 4.69) is 20.3 Å². The molecular weight excluding hydrogens is 405 g/mol. The van der Waals surface area contributed by atoms with Gasteiger partial charge in [0.25, 0.3) is 5.89 Å². The van der Waals surface area contributed by atoms with Gasteiger partial charge in [-0.3, -0.25) is 14.8 Å². The third-order valence-electron chi connectivity index (χ3n) is 4.44. The first-order chi connectivity index (χ1) is 14.1. The minimum Gasteiger partial charge on any atom is -0.417 e. The summed E-state index contributed by atoms with van der Waals surface area (Å²) >= 11 is 0. The van der Waals surface area contributed by atoms with Gasteiger partial charge in [-0.05, 0) is 32.0 Å². The molecule has 3 heterocycles. The second-order valence-electron chi connectivity index (χ2n) is 6.59. The minimum absolute atomic E-state index is 0.0648. The summed E-state index contributed by atoms with van der Waals surface area (Å²) < 4.78 is 45.6. The largest absolute Gasteiger partial charge is 0.442 e. The van der Waals surface area contributed by atoms with E-state index in [0.717, 1.165) is 15.6 Å². The summed E-state index contributed by atoms with van der Waals surface area (Å²) in [4.78, 5) is 14.4. The van der Waals surface area contributed by atoms with E-state index in [1.54, 1.807) is 6.07 Å². The van der Waals surface area contributed by atoms with Crippen LogP contribution in [0.25, 0.3) is 22.5 Å². The molecular formula is C18H13F3N6O3. The first kappa shape index (κ1) is 19.5. The van der Waals surface area contributed by atoms with Crippen molar-refractivity contribution in [1.29, 1.82) is 0 Å². The SMILES string of the molecule is Cc1ccc2nc(-c3nnc(Cn4nc(C(F)(F)F)c([N+](=O)[O-])c4C)o3)ccc2c1. The zero-order chi connectivity index (χ0) is 21.6. The first-order valence-electron chi connectivity index (χ1n) is 8.62. The van der Waals surface area contributed by atoms with Crippen LogP contribution in [-0.2, 0) is 12.7 Å². The fraction of sp³-hybridized carbons (Fsp3) is 0.222. The number of hydrogen-bond donors (Lipinski definition) is 0. The molecule has 1 aromatic carbocycles. The molecule has 12 heteroatoms. The lowest BCUT2D eigenvalue weighted by Crippen LogP contribution is -2.10. The van der Waals surface area contributed by atoms with Crippen molar-refractivity contribution in [3.8, 4) is 11.6 Å². The fourth-order valence-corrected chi connectivity index (χ4v) is 3.01. The van der Waals surface area contributed by atoms with Gasteiger partial charge in [0, 0.05) is 5.39 Å². The highest BCUT2D eigenvalue weighted by Gasteiger charge is 2.44. The second kappa shape index (κ2) is 6.90. The van der Waals surface area contributed by atoms with Gasteiger partial charge in [-0.25, -0.2) is 4.98 Å². The smallest absolute Gasteiger partial charge is 0.417 e. The van der Waals surface area contributed by atoms with Crippen LogP contribution < -0.4 is 0 Å². The Kier molecular flexibility index (Phi) is 4.48. The normalized spacial score (nSPS) is 11.9. The van der Waals surface area contributed by atoms with Gasteiger partial charge in [0.05, 0.1) is 10.4 Å². The molecule has 154 valence electrons. The van der Waals surface area contributed by atoms with E-state index in [1.165, 1.54) is 6.92 Å². The molecule has 0 fully saturated rings. The van der Waals surface area contributed by atoms with Crippen molar-refractivity contribution in [2.45, 2.75) is 26.6 Å². The Labute approximate surface area is 166 Å². The molecule has 0 saturated carbocycles. The Morgan fingerprint density at radius 2 is 1.93 bits per heavy atom. The molecule has 0 spiro atoms.